The molecule has 6 heteroatoms. The first-order chi connectivity index (χ1) is 10.1. The predicted octanol–water partition coefficient (Wildman–Crippen LogP) is 3.29. The smallest absolute Gasteiger partial charge is 0.339 e. The minimum absolute atomic E-state index is 0.126. The third-order valence-electron chi connectivity index (χ3n) is 2.97. The van der Waals surface area contributed by atoms with E-state index < -0.39 is 5.97 Å². The van der Waals surface area contributed by atoms with Gasteiger partial charge < -0.3 is 5.11 Å². The summed E-state index contributed by atoms with van der Waals surface area (Å²) < 4.78 is 1.51. The van der Waals surface area contributed by atoms with Gasteiger partial charge in [0.15, 0.2) is 0 Å². The Bertz CT molecular complexity index is 800. The van der Waals surface area contributed by atoms with Gasteiger partial charge in [0.1, 0.15) is 11.3 Å². The van der Waals surface area contributed by atoms with E-state index in [9.17, 15) is 9.90 Å². The van der Waals surface area contributed by atoms with Crippen LogP contribution in [-0.2, 0) is 0 Å². The van der Waals surface area contributed by atoms with E-state index in [1.54, 1.807) is 48.8 Å². The first kappa shape index (κ1) is 13.3. The van der Waals surface area contributed by atoms with Crippen molar-refractivity contribution in [2.45, 2.75) is 0 Å². The number of rotatable bonds is 3. The zero-order chi connectivity index (χ0) is 14.8. The Morgan fingerprint density at radius 1 is 1.19 bits per heavy atom. The number of halogens is 1. The second-order valence-electron chi connectivity index (χ2n) is 4.36. The van der Waals surface area contributed by atoms with E-state index in [2.05, 4.69) is 10.1 Å². The number of aromatic nitrogens is 3. The van der Waals surface area contributed by atoms with E-state index in [0.717, 1.165) is 0 Å². The summed E-state index contributed by atoms with van der Waals surface area (Å²) in [5.41, 5.74) is 1.92. The van der Waals surface area contributed by atoms with Crippen molar-refractivity contribution in [3.05, 3.63) is 65.6 Å². The molecule has 0 aliphatic rings. The van der Waals surface area contributed by atoms with Crippen LogP contribution in [0.2, 0.25) is 5.02 Å². The molecule has 3 aromatic rings. The van der Waals surface area contributed by atoms with Crippen LogP contribution < -0.4 is 0 Å². The third kappa shape index (κ3) is 2.64. The van der Waals surface area contributed by atoms with E-state index in [1.807, 2.05) is 0 Å². The van der Waals surface area contributed by atoms with Gasteiger partial charge in [-0.25, -0.2) is 9.48 Å². The molecule has 0 atom stereocenters. The summed E-state index contributed by atoms with van der Waals surface area (Å²) >= 11 is 5.96. The number of aromatic carboxylic acids is 1. The summed E-state index contributed by atoms with van der Waals surface area (Å²) in [5.74, 6) is -1.03. The van der Waals surface area contributed by atoms with Crippen LogP contribution in [-0.4, -0.2) is 25.8 Å². The topological polar surface area (TPSA) is 68.0 Å². The van der Waals surface area contributed by atoms with E-state index in [1.165, 1.54) is 10.9 Å². The van der Waals surface area contributed by atoms with Gasteiger partial charge in [0.2, 0.25) is 0 Å². The Kier molecular flexibility index (Phi) is 3.41. The van der Waals surface area contributed by atoms with Gasteiger partial charge in [-0.15, -0.1) is 0 Å². The number of benzene rings is 1. The standard InChI is InChI=1S/C15H10ClN3O2/c16-11-2-1-3-12(8-11)19-9-13(15(20)21)14(18-19)10-4-6-17-7-5-10/h1-9H,(H,20,21). The minimum atomic E-state index is -1.03. The molecular weight excluding hydrogens is 290 g/mol. The summed E-state index contributed by atoms with van der Waals surface area (Å²) in [5, 5.41) is 14.3. The number of carbonyl (C=O) groups is 1. The maximum atomic E-state index is 11.4. The van der Waals surface area contributed by atoms with E-state index in [-0.39, 0.29) is 5.56 Å². The number of pyridine rings is 1. The summed E-state index contributed by atoms with van der Waals surface area (Å²) in [6, 6.07) is 10.5. The van der Waals surface area contributed by atoms with Crippen molar-refractivity contribution in [1.29, 1.82) is 0 Å². The molecule has 0 amide bonds. The highest BCUT2D eigenvalue weighted by Gasteiger charge is 2.17. The van der Waals surface area contributed by atoms with Crippen molar-refractivity contribution in [2.24, 2.45) is 0 Å². The maximum absolute atomic E-state index is 11.4. The summed E-state index contributed by atoms with van der Waals surface area (Å²) in [6.45, 7) is 0. The van der Waals surface area contributed by atoms with Crippen LogP contribution >= 0.6 is 11.6 Å². The SMILES string of the molecule is O=C(O)c1cn(-c2cccc(Cl)c2)nc1-c1ccncc1. The van der Waals surface area contributed by atoms with Crippen molar-refractivity contribution in [3.63, 3.8) is 0 Å². The fraction of sp³-hybridized carbons (Fsp3) is 0. The van der Waals surface area contributed by atoms with Crippen LogP contribution in [0.4, 0.5) is 0 Å². The lowest BCUT2D eigenvalue weighted by Crippen LogP contribution is -1.96. The molecule has 0 unspecified atom stereocenters. The van der Waals surface area contributed by atoms with Crippen LogP contribution in [0.5, 0.6) is 0 Å². The zero-order valence-corrected chi connectivity index (χ0v) is 11.5. The predicted molar refractivity (Wildman–Crippen MR) is 78.8 cm³/mol. The number of carboxylic acids is 1. The van der Waals surface area contributed by atoms with E-state index in [0.29, 0.717) is 22.0 Å². The molecule has 0 saturated heterocycles. The van der Waals surface area contributed by atoms with Crippen molar-refractivity contribution in [2.75, 3.05) is 0 Å². The number of hydrogen-bond donors (Lipinski definition) is 1. The number of carboxylic acid groups (broad SMARTS) is 1. The maximum Gasteiger partial charge on any atom is 0.339 e. The average molecular weight is 300 g/mol. The molecule has 5 nitrogen and oxygen atoms in total. The van der Waals surface area contributed by atoms with E-state index >= 15 is 0 Å². The Morgan fingerprint density at radius 2 is 1.95 bits per heavy atom. The molecule has 21 heavy (non-hydrogen) atoms. The average Bonchev–Trinajstić information content (AvgIpc) is 2.93. The fourth-order valence-corrected chi connectivity index (χ4v) is 2.19. The van der Waals surface area contributed by atoms with Crippen LogP contribution in [0.3, 0.4) is 0 Å². The highest BCUT2D eigenvalue weighted by atomic mass is 35.5. The summed E-state index contributed by atoms with van der Waals surface area (Å²) in [6.07, 6.45) is 4.67. The molecule has 0 fully saturated rings. The summed E-state index contributed by atoms with van der Waals surface area (Å²) in [7, 11) is 0. The van der Waals surface area contributed by atoms with E-state index in [4.69, 9.17) is 11.6 Å². The molecule has 3 rings (SSSR count). The first-order valence-corrected chi connectivity index (χ1v) is 6.52. The Balaban J connectivity index is 2.15. The summed E-state index contributed by atoms with van der Waals surface area (Å²) in [4.78, 5) is 15.3. The largest absolute Gasteiger partial charge is 0.478 e. The van der Waals surface area contributed by atoms with Gasteiger partial charge in [-0.2, -0.15) is 5.10 Å². The van der Waals surface area contributed by atoms with Crippen molar-refractivity contribution < 1.29 is 9.90 Å². The van der Waals surface area contributed by atoms with Gasteiger partial charge in [0, 0.05) is 29.2 Å². The molecule has 1 N–H and O–H groups in total. The Hall–Kier alpha value is -2.66. The molecule has 0 aliphatic carbocycles. The van der Waals surface area contributed by atoms with Crippen molar-refractivity contribution in [1.82, 2.24) is 14.8 Å². The molecule has 0 radical (unpaired) electrons. The molecule has 0 aliphatic heterocycles. The second kappa shape index (κ2) is 5.38. The van der Waals surface area contributed by atoms with Crippen LogP contribution in [0.25, 0.3) is 16.9 Å². The fourth-order valence-electron chi connectivity index (χ4n) is 2.00. The lowest BCUT2D eigenvalue weighted by Gasteiger charge is -2.01. The van der Waals surface area contributed by atoms with Gasteiger partial charge in [-0.3, -0.25) is 4.98 Å². The Morgan fingerprint density at radius 3 is 2.62 bits per heavy atom. The second-order valence-corrected chi connectivity index (χ2v) is 4.79. The van der Waals surface area contributed by atoms with Crippen LogP contribution in [0.1, 0.15) is 10.4 Å². The minimum Gasteiger partial charge on any atom is -0.478 e. The zero-order valence-electron chi connectivity index (χ0n) is 10.8. The molecule has 1 aromatic carbocycles. The highest BCUT2D eigenvalue weighted by molar-refractivity contribution is 6.30. The third-order valence-corrected chi connectivity index (χ3v) is 3.21. The normalized spacial score (nSPS) is 10.5. The van der Waals surface area contributed by atoms with Gasteiger partial charge in [0.05, 0.1) is 5.69 Å². The monoisotopic (exact) mass is 299 g/mol. The molecule has 104 valence electrons. The molecule has 0 bridgehead atoms. The van der Waals surface area contributed by atoms with Gasteiger partial charge in [-0.1, -0.05) is 17.7 Å². The van der Waals surface area contributed by atoms with Gasteiger partial charge in [0.25, 0.3) is 0 Å². The molecule has 2 aromatic heterocycles. The van der Waals surface area contributed by atoms with Crippen molar-refractivity contribution >= 4 is 17.6 Å². The molecule has 0 saturated carbocycles. The lowest BCUT2D eigenvalue weighted by molar-refractivity contribution is 0.0697. The molecular formula is C15H10ClN3O2. The highest BCUT2D eigenvalue weighted by Crippen LogP contribution is 2.24. The quantitative estimate of drug-likeness (QED) is 0.806. The Labute approximate surface area is 125 Å². The van der Waals surface area contributed by atoms with Crippen molar-refractivity contribution in [3.8, 4) is 16.9 Å². The van der Waals surface area contributed by atoms with Gasteiger partial charge >= 0.3 is 5.97 Å². The lowest BCUT2D eigenvalue weighted by atomic mass is 10.1. The van der Waals surface area contributed by atoms with Crippen LogP contribution in [0, 0.1) is 0 Å². The molecule has 2 heterocycles. The van der Waals surface area contributed by atoms with Crippen LogP contribution in [0.15, 0.2) is 55.0 Å². The number of nitrogens with zero attached hydrogens (tertiary/aromatic N) is 3. The first-order valence-electron chi connectivity index (χ1n) is 6.14. The molecule has 0 spiro atoms. The number of hydrogen-bond acceptors (Lipinski definition) is 3. The van der Waals surface area contributed by atoms with Gasteiger partial charge in [-0.05, 0) is 30.3 Å².